The molecule has 0 heterocycles. The van der Waals surface area contributed by atoms with E-state index in [4.69, 9.17) is 16.3 Å². The van der Waals surface area contributed by atoms with Gasteiger partial charge in [0.15, 0.2) is 0 Å². The molecule has 0 bridgehead atoms. The molecule has 4 nitrogen and oxygen atoms in total. The van der Waals surface area contributed by atoms with Gasteiger partial charge in [-0.05, 0) is 0 Å². The number of alkyl halides is 1. The van der Waals surface area contributed by atoms with Crippen LogP contribution in [0.4, 0.5) is 0 Å². The van der Waals surface area contributed by atoms with Gasteiger partial charge in [-0.25, -0.2) is 0 Å². The van der Waals surface area contributed by atoms with E-state index < -0.39 is 4.92 Å². The summed E-state index contributed by atoms with van der Waals surface area (Å²) >= 11 is 5.22. The third-order valence-electron chi connectivity index (χ3n) is 0.640. The standard InChI is InChI=1S/C4H8ClNO3/c5-1-3-9-4-2-6(7)8/h1-4H2. The van der Waals surface area contributed by atoms with Gasteiger partial charge >= 0.3 is 0 Å². The van der Waals surface area contributed by atoms with Crippen LogP contribution in [0.5, 0.6) is 0 Å². The number of hydrogen-bond donors (Lipinski definition) is 0. The van der Waals surface area contributed by atoms with Crippen LogP contribution in [-0.2, 0) is 4.74 Å². The zero-order valence-corrected chi connectivity index (χ0v) is 5.63. The van der Waals surface area contributed by atoms with Crippen LogP contribution in [0.1, 0.15) is 0 Å². The molecule has 0 aromatic rings. The van der Waals surface area contributed by atoms with Crippen molar-refractivity contribution in [2.75, 3.05) is 25.6 Å². The van der Waals surface area contributed by atoms with Gasteiger partial charge in [-0.3, -0.25) is 10.1 Å². The molecule has 0 amide bonds. The van der Waals surface area contributed by atoms with Crippen LogP contribution in [0.25, 0.3) is 0 Å². The van der Waals surface area contributed by atoms with E-state index in [-0.39, 0.29) is 13.2 Å². The summed E-state index contributed by atoms with van der Waals surface area (Å²) in [5.41, 5.74) is 0. The van der Waals surface area contributed by atoms with Crippen molar-refractivity contribution < 1.29 is 9.66 Å². The highest BCUT2D eigenvalue weighted by atomic mass is 35.5. The number of nitrogens with zero attached hydrogens (tertiary/aromatic N) is 1. The van der Waals surface area contributed by atoms with Gasteiger partial charge in [0.1, 0.15) is 6.61 Å². The number of halogens is 1. The molecule has 0 aromatic heterocycles. The molecular weight excluding hydrogens is 146 g/mol. The highest BCUT2D eigenvalue weighted by Gasteiger charge is 1.94. The fourth-order valence-electron chi connectivity index (χ4n) is 0.296. The van der Waals surface area contributed by atoms with E-state index in [9.17, 15) is 10.1 Å². The molecule has 0 aliphatic heterocycles. The lowest BCUT2D eigenvalue weighted by atomic mass is 10.7. The predicted octanol–water partition coefficient (Wildman–Crippen LogP) is 0.518. The van der Waals surface area contributed by atoms with Crippen LogP contribution < -0.4 is 0 Å². The Balaban J connectivity index is 2.83. The van der Waals surface area contributed by atoms with Crippen molar-refractivity contribution in [2.45, 2.75) is 0 Å². The first-order valence-electron chi connectivity index (χ1n) is 2.53. The van der Waals surface area contributed by atoms with Crippen molar-refractivity contribution in [3.05, 3.63) is 10.1 Å². The largest absolute Gasteiger partial charge is 0.373 e. The molecule has 0 saturated heterocycles. The van der Waals surface area contributed by atoms with Crippen LogP contribution in [0, 0.1) is 10.1 Å². The van der Waals surface area contributed by atoms with Gasteiger partial charge in [0.2, 0.25) is 6.54 Å². The molecule has 0 aliphatic carbocycles. The minimum Gasteiger partial charge on any atom is -0.373 e. The summed E-state index contributed by atoms with van der Waals surface area (Å²) in [5.74, 6) is 0.387. The molecule has 5 heteroatoms. The van der Waals surface area contributed by atoms with Crippen molar-refractivity contribution in [3.63, 3.8) is 0 Å². The second-order valence-corrected chi connectivity index (χ2v) is 1.74. The first-order valence-corrected chi connectivity index (χ1v) is 3.06. The monoisotopic (exact) mass is 153 g/mol. The van der Waals surface area contributed by atoms with Gasteiger partial charge in [-0.15, -0.1) is 11.6 Å². The number of ether oxygens (including phenoxy) is 1. The second-order valence-electron chi connectivity index (χ2n) is 1.36. The van der Waals surface area contributed by atoms with Crippen LogP contribution in [0.15, 0.2) is 0 Å². The maximum Gasteiger partial charge on any atom is 0.226 e. The molecule has 0 fully saturated rings. The van der Waals surface area contributed by atoms with E-state index in [1.54, 1.807) is 0 Å². The van der Waals surface area contributed by atoms with Crippen LogP contribution in [0.2, 0.25) is 0 Å². The molecule has 0 aromatic carbocycles. The van der Waals surface area contributed by atoms with Crippen LogP contribution >= 0.6 is 11.6 Å². The van der Waals surface area contributed by atoms with E-state index in [0.29, 0.717) is 12.5 Å². The molecule has 0 atom stereocenters. The van der Waals surface area contributed by atoms with Crippen molar-refractivity contribution in [1.82, 2.24) is 0 Å². The van der Waals surface area contributed by atoms with Crippen molar-refractivity contribution >= 4 is 11.6 Å². The number of hydrogen-bond acceptors (Lipinski definition) is 3. The van der Waals surface area contributed by atoms with Gasteiger partial charge in [-0.2, -0.15) is 0 Å². The maximum absolute atomic E-state index is 9.66. The average molecular weight is 154 g/mol. The van der Waals surface area contributed by atoms with Gasteiger partial charge in [0.05, 0.1) is 6.61 Å². The molecule has 0 spiro atoms. The Morgan fingerprint density at radius 1 is 1.56 bits per heavy atom. The zero-order chi connectivity index (χ0) is 7.11. The summed E-state index contributed by atoms with van der Waals surface area (Å²) in [5, 5.41) is 9.66. The fourth-order valence-corrected chi connectivity index (χ4v) is 0.405. The Hall–Kier alpha value is -0.350. The summed E-state index contributed by atoms with van der Waals surface area (Å²) in [6.07, 6.45) is 0. The second kappa shape index (κ2) is 5.78. The molecule has 0 N–H and O–H groups in total. The van der Waals surface area contributed by atoms with Crippen molar-refractivity contribution in [1.29, 1.82) is 0 Å². The lowest BCUT2D eigenvalue weighted by Crippen LogP contribution is -2.09. The summed E-state index contributed by atoms with van der Waals surface area (Å²) < 4.78 is 4.72. The zero-order valence-electron chi connectivity index (χ0n) is 4.88. The van der Waals surface area contributed by atoms with E-state index in [1.165, 1.54) is 0 Å². The Kier molecular flexibility index (Phi) is 5.56. The van der Waals surface area contributed by atoms with E-state index >= 15 is 0 Å². The van der Waals surface area contributed by atoms with Crippen molar-refractivity contribution in [3.8, 4) is 0 Å². The molecule has 9 heavy (non-hydrogen) atoms. The molecule has 0 radical (unpaired) electrons. The minimum absolute atomic E-state index is 0.142. The van der Waals surface area contributed by atoms with Gasteiger partial charge in [0, 0.05) is 10.8 Å². The molecule has 0 unspecified atom stereocenters. The predicted molar refractivity (Wildman–Crippen MR) is 33.4 cm³/mol. The van der Waals surface area contributed by atoms with Crippen LogP contribution in [0.3, 0.4) is 0 Å². The van der Waals surface area contributed by atoms with Gasteiger partial charge in [-0.1, -0.05) is 0 Å². The fraction of sp³-hybridized carbons (Fsp3) is 1.00. The van der Waals surface area contributed by atoms with Gasteiger partial charge in [0.25, 0.3) is 0 Å². The SMILES string of the molecule is O=[N+]([O-])CCOCCCl. The minimum atomic E-state index is -0.422. The Morgan fingerprint density at radius 2 is 2.22 bits per heavy atom. The molecule has 0 rings (SSSR count). The lowest BCUT2D eigenvalue weighted by molar-refractivity contribution is -0.483. The maximum atomic E-state index is 9.66. The Morgan fingerprint density at radius 3 is 2.67 bits per heavy atom. The third kappa shape index (κ3) is 7.65. The van der Waals surface area contributed by atoms with Crippen molar-refractivity contribution in [2.24, 2.45) is 0 Å². The highest BCUT2D eigenvalue weighted by molar-refractivity contribution is 6.17. The normalized spacial score (nSPS) is 9.44. The van der Waals surface area contributed by atoms with Gasteiger partial charge < -0.3 is 4.74 Å². The smallest absolute Gasteiger partial charge is 0.226 e. The molecule has 0 aliphatic rings. The average Bonchev–Trinajstić information content (AvgIpc) is 1.80. The van der Waals surface area contributed by atoms with E-state index in [0.717, 1.165) is 0 Å². The summed E-state index contributed by atoms with van der Waals surface area (Å²) in [7, 11) is 0. The number of nitro groups is 1. The Labute approximate surface area is 57.9 Å². The summed E-state index contributed by atoms with van der Waals surface area (Å²) in [6.45, 7) is 0.395. The quantitative estimate of drug-likeness (QED) is 0.250. The van der Waals surface area contributed by atoms with E-state index in [2.05, 4.69) is 0 Å². The summed E-state index contributed by atoms with van der Waals surface area (Å²) in [6, 6.07) is 0. The van der Waals surface area contributed by atoms with E-state index in [1.807, 2.05) is 0 Å². The lowest BCUT2D eigenvalue weighted by Gasteiger charge is -1.94. The topological polar surface area (TPSA) is 52.4 Å². The summed E-state index contributed by atoms with van der Waals surface area (Å²) in [4.78, 5) is 9.23. The first kappa shape index (κ1) is 8.65. The molecule has 54 valence electrons. The molecular formula is C4H8ClNO3. The third-order valence-corrected chi connectivity index (χ3v) is 0.794. The highest BCUT2D eigenvalue weighted by Crippen LogP contribution is 1.78. The number of rotatable bonds is 5. The van der Waals surface area contributed by atoms with Crippen LogP contribution in [-0.4, -0.2) is 30.6 Å². The first-order chi connectivity index (χ1) is 4.27. The Bertz CT molecular complexity index is 87.9. The molecule has 0 saturated carbocycles.